The molecule has 106 valence electrons. The summed E-state index contributed by atoms with van der Waals surface area (Å²) in [5.41, 5.74) is 6.15. The lowest BCUT2D eigenvalue weighted by molar-refractivity contribution is -0.137. The molecule has 0 fully saturated rings. The Morgan fingerprint density at radius 1 is 0.950 bits per heavy atom. The van der Waals surface area contributed by atoms with E-state index in [2.05, 4.69) is 5.32 Å². The quantitative estimate of drug-likeness (QED) is 0.894. The number of nitrogens with two attached hydrogens (primary N) is 1. The third-order valence-electron chi connectivity index (χ3n) is 2.95. The molecule has 2 aromatic rings. The van der Waals surface area contributed by atoms with Crippen LogP contribution in [0.2, 0.25) is 0 Å². The predicted molar refractivity (Wildman–Crippen MR) is 73.1 cm³/mol. The molecule has 0 spiro atoms. The summed E-state index contributed by atoms with van der Waals surface area (Å²) < 4.78 is 39.0. The first-order valence-corrected chi connectivity index (χ1v) is 6.18. The molecule has 0 aromatic heterocycles. The fraction of sp³-hybridized carbons (Fsp3) is 0.200. The summed E-state index contributed by atoms with van der Waals surface area (Å²) >= 11 is 0. The van der Waals surface area contributed by atoms with Crippen molar-refractivity contribution >= 4 is 5.69 Å². The van der Waals surface area contributed by atoms with Gasteiger partial charge in [-0.2, -0.15) is 13.2 Å². The van der Waals surface area contributed by atoms with Crippen molar-refractivity contribution in [1.29, 1.82) is 0 Å². The number of nitrogens with one attached hydrogen (secondary N) is 1. The second kappa shape index (κ2) is 5.96. The number of anilines is 1. The summed E-state index contributed by atoms with van der Waals surface area (Å²) in [4.78, 5) is 0. The Kier molecular flexibility index (Phi) is 4.29. The molecule has 20 heavy (non-hydrogen) atoms. The second-order valence-electron chi connectivity index (χ2n) is 4.42. The molecular formula is C15H15F3N2. The van der Waals surface area contributed by atoms with E-state index in [9.17, 15) is 13.2 Å². The van der Waals surface area contributed by atoms with Crippen LogP contribution in [0.25, 0.3) is 0 Å². The van der Waals surface area contributed by atoms with E-state index in [1.54, 1.807) is 6.07 Å². The summed E-state index contributed by atoms with van der Waals surface area (Å²) in [5.74, 6) is 0. The van der Waals surface area contributed by atoms with Crippen LogP contribution >= 0.6 is 0 Å². The van der Waals surface area contributed by atoms with E-state index in [0.29, 0.717) is 12.1 Å². The molecular weight excluding hydrogens is 265 g/mol. The van der Waals surface area contributed by atoms with Crippen LogP contribution in [0.5, 0.6) is 0 Å². The van der Waals surface area contributed by atoms with Gasteiger partial charge in [0, 0.05) is 18.8 Å². The molecule has 0 aliphatic heterocycles. The normalized spacial score (nSPS) is 11.4. The Morgan fingerprint density at radius 3 is 2.25 bits per heavy atom. The van der Waals surface area contributed by atoms with Crippen molar-refractivity contribution < 1.29 is 13.2 Å². The molecule has 0 atom stereocenters. The maximum atomic E-state index is 13.0. The molecule has 0 heterocycles. The van der Waals surface area contributed by atoms with Gasteiger partial charge in [-0.3, -0.25) is 0 Å². The molecule has 5 heteroatoms. The van der Waals surface area contributed by atoms with Gasteiger partial charge in [-0.1, -0.05) is 36.4 Å². The summed E-state index contributed by atoms with van der Waals surface area (Å²) in [6.07, 6.45) is -4.40. The van der Waals surface area contributed by atoms with Crippen LogP contribution in [0.3, 0.4) is 0 Å². The van der Waals surface area contributed by atoms with Gasteiger partial charge in [-0.15, -0.1) is 0 Å². The zero-order valence-electron chi connectivity index (χ0n) is 10.7. The van der Waals surface area contributed by atoms with E-state index < -0.39 is 11.7 Å². The highest BCUT2D eigenvalue weighted by molar-refractivity contribution is 5.54. The average molecular weight is 280 g/mol. The fourth-order valence-electron chi connectivity index (χ4n) is 1.90. The van der Waals surface area contributed by atoms with E-state index in [-0.39, 0.29) is 12.2 Å². The first-order valence-electron chi connectivity index (χ1n) is 6.18. The zero-order valence-corrected chi connectivity index (χ0v) is 10.7. The van der Waals surface area contributed by atoms with E-state index in [1.807, 2.05) is 30.3 Å². The summed E-state index contributed by atoms with van der Waals surface area (Å²) in [6.45, 7) is 0.425. The maximum Gasteiger partial charge on any atom is 0.418 e. The van der Waals surface area contributed by atoms with Crippen LogP contribution in [0.15, 0.2) is 48.5 Å². The van der Waals surface area contributed by atoms with E-state index in [0.717, 1.165) is 11.6 Å². The molecule has 0 saturated heterocycles. The molecule has 0 amide bonds. The molecule has 0 saturated carbocycles. The lowest BCUT2D eigenvalue weighted by Crippen LogP contribution is -2.12. The van der Waals surface area contributed by atoms with E-state index in [4.69, 9.17) is 5.73 Å². The van der Waals surface area contributed by atoms with Crippen molar-refractivity contribution in [1.82, 2.24) is 0 Å². The Labute approximate surface area is 115 Å². The number of hydrogen-bond donors (Lipinski definition) is 2. The number of benzene rings is 2. The number of alkyl halides is 3. The lowest BCUT2D eigenvalue weighted by Gasteiger charge is -2.16. The highest BCUT2D eigenvalue weighted by atomic mass is 19.4. The van der Waals surface area contributed by atoms with Gasteiger partial charge in [-0.25, -0.2) is 0 Å². The number of rotatable bonds is 4. The third kappa shape index (κ3) is 3.51. The van der Waals surface area contributed by atoms with Crippen LogP contribution in [0.1, 0.15) is 16.7 Å². The predicted octanol–water partition coefficient (Wildman–Crippen LogP) is 3.78. The Balaban J connectivity index is 2.23. The summed E-state index contributed by atoms with van der Waals surface area (Å²) in [5, 5.41) is 2.83. The molecule has 0 bridgehead atoms. The Bertz CT molecular complexity index is 565. The lowest BCUT2D eigenvalue weighted by atomic mass is 10.1. The first kappa shape index (κ1) is 14.4. The highest BCUT2D eigenvalue weighted by Gasteiger charge is 2.33. The largest absolute Gasteiger partial charge is 0.418 e. The van der Waals surface area contributed by atoms with Crippen LogP contribution < -0.4 is 11.1 Å². The minimum absolute atomic E-state index is 0.0681. The van der Waals surface area contributed by atoms with Crippen molar-refractivity contribution in [2.45, 2.75) is 19.3 Å². The Hall–Kier alpha value is -2.01. The molecule has 0 unspecified atom stereocenters. The minimum Gasteiger partial charge on any atom is -0.380 e. The molecule has 0 radical (unpaired) electrons. The highest BCUT2D eigenvalue weighted by Crippen LogP contribution is 2.35. The van der Waals surface area contributed by atoms with Gasteiger partial charge in [0.15, 0.2) is 0 Å². The minimum atomic E-state index is -4.40. The summed E-state index contributed by atoms with van der Waals surface area (Å²) in [7, 11) is 0. The van der Waals surface area contributed by atoms with Crippen LogP contribution in [0.4, 0.5) is 18.9 Å². The fourth-order valence-corrected chi connectivity index (χ4v) is 1.90. The average Bonchev–Trinajstić information content (AvgIpc) is 2.45. The van der Waals surface area contributed by atoms with Crippen LogP contribution in [-0.2, 0) is 19.3 Å². The van der Waals surface area contributed by atoms with Gasteiger partial charge in [0.1, 0.15) is 0 Å². The van der Waals surface area contributed by atoms with Gasteiger partial charge in [0.2, 0.25) is 0 Å². The molecule has 2 aromatic carbocycles. The number of hydrogen-bond acceptors (Lipinski definition) is 2. The standard InChI is InChI=1S/C15H15F3N2/c16-15(17,18)13-8-12(9-19)6-7-14(13)20-10-11-4-2-1-3-5-11/h1-8,20H,9-10,19H2. The second-order valence-corrected chi connectivity index (χ2v) is 4.42. The van der Waals surface area contributed by atoms with E-state index in [1.165, 1.54) is 6.07 Å². The van der Waals surface area contributed by atoms with Crippen molar-refractivity contribution in [2.75, 3.05) is 5.32 Å². The maximum absolute atomic E-state index is 13.0. The molecule has 0 aliphatic rings. The van der Waals surface area contributed by atoms with Crippen molar-refractivity contribution in [3.8, 4) is 0 Å². The third-order valence-corrected chi connectivity index (χ3v) is 2.95. The molecule has 2 nitrogen and oxygen atoms in total. The van der Waals surface area contributed by atoms with Gasteiger partial charge in [0.05, 0.1) is 5.56 Å². The van der Waals surface area contributed by atoms with Gasteiger partial charge in [0.25, 0.3) is 0 Å². The first-order chi connectivity index (χ1) is 9.50. The van der Waals surface area contributed by atoms with Crippen molar-refractivity contribution in [2.24, 2.45) is 5.73 Å². The van der Waals surface area contributed by atoms with Crippen molar-refractivity contribution in [3.05, 3.63) is 65.2 Å². The van der Waals surface area contributed by atoms with Crippen LogP contribution in [0, 0.1) is 0 Å². The van der Waals surface area contributed by atoms with E-state index >= 15 is 0 Å². The molecule has 0 aliphatic carbocycles. The monoisotopic (exact) mass is 280 g/mol. The molecule has 2 rings (SSSR count). The molecule has 3 N–H and O–H groups in total. The zero-order chi connectivity index (χ0) is 14.6. The van der Waals surface area contributed by atoms with Crippen molar-refractivity contribution in [3.63, 3.8) is 0 Å². The Morgan fingerprint density at radius 2 is 1.65 bits per heavy atom. The van der Waals surface area contributed by atoms with Gasteiger partial charge >= 0.3 is 6.18 Å². The number of halogens is 3. The topological polar surface area (TPSA) is 38.0 Å². The SMILES string of the molecule is NCc1ccc(NCc2ccccc2)c(C(F)(F)F)c1. The smallest absolute Gasteiger partial charge is 0.380 e. The summed E-state index contributed by atoms with van der Waals surface area (Å²) in [6, 6.07) is 13.4. The van der Waals surface area contributed by atoms with Crippen LogP contribution in [-0.4, -0.2) is 0 Å². The van der Waals surface area contributed by atoms with Gasteiger partial charge in [-0.05, 0) is 23.3 Å². The van der Waals surface area contributed by atoms with Gasteiger partial charge < -0.3 is 11.1 Å².